The van der Waals surface area contributed by atoms with Crippen LogP contribution in [0.1, 0.15) is 17.6 Å². The summed E-state index contributed by atoms with van der Waals surface area (Å²) in [5.74, 6) is 6.06. The van der Waals surface area contributed by atoms with E-state index in [1.54, 1.807) is 11.3 Å². The Hall–Kier alpha value is -1.14. The van der Waals surface area contributed by atoms with Gasteiger partial charge in [-0.1, -0.05) is 0 Å². The van der Waals surface area contributed by atoms with E-state index in [0.717, 1.165) is 10.7 Å². The summed E-state index contributed by atoms with van der Waals surface area (Å²) in [6.07, 6.45) is 0. The third-order valence-electron chi connectivity index (χ3n) is 1.86. The molecule has 6 heteroatoms. The fraction of sp³-hybridized carbons (Fsp3) is 0.556. The lowest BCUT2D eigenvalue weighted by Crippen LogP contribution is -2.42. The fourth-order valence-corrected chi connectivity index (χ4v) is 1.83. The highest BCUT2D eigenvalue weighted by Crippen LogP contribution is 2.09. The molecule has 0 spiro atoms. The largest absolute Gasteiger partial charge is 0.339 e. The van der Waals surface area contributed by atoms with Crippen LogP contribution in [0, 0.1) is 6.92 Å². The molecular weight excluding hydrogens is 210 g/mol. The first-order valence-electron chi connectivity index (χ1n) is 4.80. The van der Waals surface area contributed by atoms with Crippen molar-refractivity contribution in [2.75, 3.05) is 13.6 Å². The molecule has 15 heavy (non-hydrogen) atoms. The first-order valence-corrected chi connectivity index (χ1v) is 5.68. The Morgan fingerprint density at radius 2 is 2.47 bits per heavy atom. The summed E-state index contributed by atoms with van der Waals surface area (Å²) in [6, 6.07) is 0. The van der Waals surface area contributed by atoms with Crippen LogP contribution in [0.3, 0.4) is 0 Å². The Kier molecular flexibility index (Phi) is 4.51. The molecule has 0 aromatic carbocycles. The number of nitrogens with one attached hydrogen (secondary N) is 1. The van der Waals surface area contributed by atoms with E-state index >= 15 is 0 Å². The van der Waals surface area contributed by atoms with Crippen molar-refractivity contribution in [3.05, 3.63) is 16.1 Å². The third-order valence-corrected chi connectivity index (χ3v) is 2.69. The summed E-state index contributed by atoms with van der Waals surface area (Å²) in [6.45, 7) is 5.39. The number of hydrogen-bond donors (Lipinski definition) is 2. The zero-order chi connectivity index (χ0) is 11.3. The standard InChI is InChI=1S/C9H17N5S/c1-4-11-9(13-10)14(3)5-8-6-15-7(2)12-8/h6H,4-5,10H2,1-3H3,(H,11,13). The number of hydrogen-bond acceptors (Lipinski definition) is 4. The van der Waals surface area contributed by atoms with Crippen LogP contribution in [0.2, 0.25) is 0 Å². The van der Waals surface area contributed by atoms with Gasteiger partial charge in [0.25, 0.3) is 0 Å². The average molecular weight is 227 g/mol. The summed E-state index contributed by atoms with van der Waals surface area (Å²) in [7, 11) is 1.93. The van der Waals surface area contributed by atoms with Crippen molar-refractivity contribution in [1.82, 2.24) is 15.3 Å². The minimum atomic E-state index is 0.683. The molecule has 1 heterocycles. The molecular formula is C9H17N5S. The number of aliphatic imine (C=N–C) groups is 1. The van der Waals surface area contributed by atoms with Crippen molar-refractivity contribution in [3.63, 3.8) is 0 Å². The Balaban J connectivity index is 2.61. The molecule has 0 aliphatic heterocycles. The monoisotopic (exact) mass is 227 g/mol. The molecule has 0 saturated carbocycles. The number of aromatic nitrogens is 1. The predicted octanol–water partition coefficient (Wildman–Crippen LogP) is 0.723. The number of hydrazine groups is 1. The second-order valence-corrected chi connectivity index (χ2v) is 4.22. The molecule has 0 aliphatic rings. The number of thiazole rings is 1. The zero-order valence-electron chi connectivity index (χ0n) is 9.32. The van der Waals surface area contributed by atoms with Gasteiger partial charge in [0.15, 0.2) is 0 Å². The van der Waals surface area contributed by atoms with Gasteiger partial charge in [-0.25, -0.2) is 10.8 Å². The quantitative estimate of drug-likeness (QED) is 0.346. The number of aryl methyl sites for hydroxylation is 1. The Morgan fingerprint density at radius 3 is 2.93 bits per heavy atom. The molecule has 0 amide bonds. The van der Waals surface area contributed by atoms with E-state index in [4.69, 9.17) is 5.84 Å². The number of guanidine groups is 1. The van der Waals surface area contributed by atoms with Crippen LogP contribution in [0.25, 0.3) is 0 Å². The lowest BCUT2D eigenvalue weighted by molar-refractivity contribution is 0.471. The van der Waals surface area contributed by atoms with E-state index in [1.807, 2.05) is 31.2 Å². The van der Waals surface area contributed by atoms with Gasteiger partial charge in [-0.2, -0.15) is 0 Å². The SMILES string of the molecule is CCN=C(NN)N(C)Cc1csc(C)n1. The van der Waals surface area contributed by atoms with Gasteiger partial charge in [0.2, 0.25) is 5.96 Å². The zero-order valence-corrected chi connectivity index (χ0v) is 10.1. The van der Waals surface area contributed by atoms with Crippen molar-refractivity contribution in [2.45, 2.75) is 20.4 Å². The van der Waals surface area contributed by atoms with Crippen LogP contribution in [-0.4, -0.2) is 29.4 Å². The predicted molar refractivity (Wildman–Crippen MR) is 63.6 cm³/mol. The van der Waals surface area contributed by atoms with Crippen LogP contribution in [0.15, 0.2) is 10.4 Å². The highest BCUT2D eigenvalue weighted by atomic mass is 32.1. The first-order chi connectivity index (χ1) is 7.17. The lowest BCUT2D eigenvalue weighted by Gasteiger charge is -2.19. The topological polar surface area (TPSA) is 66.5 Å². The van der Waals surface area contributed by atoms with E-state index in [2.05, 4.69) is 15.4 Å². The van der Waals surface area contributed by atoms with Gasteiger partial charge in [0.05, 0.1) is 17.2 Å². The maximum atomic E-state index is 5.38. The minimum Gasteiger partial charge on any atom is -0.339 e. The van der Waals surface area contributed by atoms with E-state index in [-0.39, 0.29) is 0 Å². The van der Waals surface area contributed by atoms with E-state index < -0.39 is 0 Å². The van der Waals surface area contributed by atoms with Crippen LogP contribution >= 0.6 is 11.3 Å². The summed E-state index contributed by atoms with van der Waals surface area (Å²) < 4.78 is 0. The molecule has 0 unspecified atom stereocenters. The average Bonchev–Trinajstić information content (AvgIpc) is 2.60. The highest BCUT2D eigenvalue weighted by Gasteiger charge is 2.06. The summed E-state index contributed by atoms with van der Waals surface area (Å²) in [4.78, 5) is 10.6. The van der Waals surface area contributed by atoms with Crippen LogP contribution in [0.4, 0.5) is 0 Å². The van der Waals surface area contributed by atoms with Gasteiger partial charge >= 0.3 is 0 Å². The number of rotatable bonds is 3. The fourth-order valence-electron chi connectivity index (χ4n) is 1.23. The summed E-state index contributed by atoms with van der Waals surface area (Å²) in [5.41, 5.74) is 3.62. The maximum absolute atomic E-state index is 5.38. The second-order valence-electron chi connectivity index (χ2n) is 3.16. The molecule has 0 radical (unpaired) electrons. The van der Waals surface area contributed by atoms with Crippen LogP contribution in [-0.2, 0) is 6.54 Å². The normalized spacial score (nSPS) is 11.6. The molecule has 0 saturated heterocycles. The van der Waals surface area contributed by atoms with E-state index in [1.165, 1.54) is 0 Å². The van der Waals surface area contributed by atoms with Crippen molar-refractivity contribution in [3.8, 4) is 0 Å². The van der Waals surface area contributed by atoms with Gasteiger partial charge in [0.1, 0.15) is 0 Å². The minimum absolute atomic E-state index is 0.683. The van der Waals surface area contributed by atoms with Gasteiger partial charge in [-0.3, -0.25) is 10.4 Å². The molecule has 1 aromatic heterocycles. The second kappa shape index (κ2) is 5.67. The number of nitrogens with two attached hydrogens (primary N) is 1. The molecule has 0 fully saturated rings. The molecule has 3 N–H and O–H groups in total. The molecule has 1 aromatic rings. The molecule has 0 atom stereocenters. The van der Waals surface area contributed by atoms with E-state index in [0.29, 0.717) is 19.0 Å². The highest BCUT2D eigenvalue weighted by molar-refractivity contribution is 7.09. The molecule has 0 aliphatic carbocycles. The maximum Gasteiger partial charge on any atom is 0.208 e. The Labute approximate surface area is 94.0 Å². The van der Waals surface area contributed by atoms with Gasteiger partial charge < -0.3 is 4.90 Å². The van der Waals surface area contributed by atoms with Crippen molar-refractivity contribution in [1.29, 1.82) is 0 Å². The lowest BCUT2D eigenvalue weighted by atomic mass is 10.4. The van der Waals surface area contributed by atoms with Crippen molar-refractivity contribution in [2.24, 2.45) is 10.8 Å². The van der Waals surface area contributed by atoms with Gasteiger partial charge in [0, 0.05) is 19.0 Å². The van der Waals surface area contributed by atoms with Crippen molar-refractivity contribution >= 4 is 17.3 Å². The summed E-state index contributed by atoms with van der Waals surface area (Å²) >= 11 is 1.65. The Bertz CT molecular complexity index is 333. The van der Waals surface area contributed by atoms with Gasteiger partial charge in [-0.05, 0) is 13.8 Å². The van der Waals surface area contributed by atoms with Crippen molar-refractivity contribution < 1.29 is 0 Å². The first kappa shape index (κ1) is 11.9. The third kappa shape index (κ3) is 3.49. The Morgan fingerprint density at radius 1 is 1.73 bits per heavy atom. The molecule has 1 rings (SSSR count). The molecule has 84 valence electrons. The number of nitrogens with zero attached hydrogens (tertiary/aromatic N) is 3. The van der Waals surface area contributed by atoms with Crippen LogP contribution < -0.4 is 11.3 Å². The van der Waals surface area contributed by atoms with E-state index in [9.17, 15) is 0 Å². The molecule has 0 bridgehead atoms. The smallest absolute Gasteiger partial charge is 0.208 e. The summed E-state index contributed by atoms with van der Waals surface area (Å²) in [5, 5.41) is 3.12. The van der Waals surface area contributed by atoms with Gasteiger partial charge in [-0.15, -0.1) is 11.3 Å². The van der Waals surface area contributed by atoms with Crippen LogP contribution in [0.5, 0.6) is 0 Å². The molecule has 5 nitrogen and oxygen atoms in total.